The van der Waals surface area contributed by atoms with Gasteiger partial charge in [-0.05, 0) is 36.4 Å². The zero-order valence-corrected chi connectivity index (χ0v) is 14.5. The van der Waals surface area contributed by atoms with Crippen LogP contribution in [0.3, 0.4) is 0 Å². The van der Waals surface area contributed by atoms with Gasteiger partial charge in [0.1, 0.15) is 0 Å². The predicted octanol–water partition coefficient (Wildman–Crippen LogP) is 1.79. The number of benzene rings is 2. The van der Waals surface area contributed by atoms with Gasteiger partial charge in [0.2, 0.25) is 0 Å². The summed E-state index contributed by atoms with van der Waals surface area (Å²) in [6.45, 7) is 2.89. The molecule has 0 spiro atoms. The minimum atomic E-state index is -0.192. The van der Waals surface area contributed by atoms with E-state index in [1.807, 2.05) is 18.2 Å². The minimum Gasteiger partial charge on any atom is -0.872 e. The zero-order valence-electron chi connectivity index (χ0n) is 13.7. The molecule has 0 saturated carbocycles. The summed E-state index contributed by atoms with van der Waals surface area (Å²) in [5.74, 6) is 0.00655. The van der Waals surface area contributed by atoms with E-state index in [-0.39, 0.29) is 17.4 Å². The molecule has 2 N–H and O–H groups in total. The largest absolute Gasteiger partial charge is 0.872 e. The fourth-order valence-corrected chi connectivity index (χ4v) is 3.33. The van der Waals surface area contributed by atoms with Crippen LogP contribution >= 0.6 is 11.8 Å². The van der Waals surface area contributed by atoms with Crippen LogP contribution in [0.2, 0.25) is 0 Å². The van der Waals surface area contributed by atoms with E-state index >= 15 is 0 Å². The molecule has 3 aromatic rings. The lowest BCUT2D eigenvalue weighted by molar-refractivity contribution is -0.705. The zero-order chi connectivity index (χ0) is 17.6. The molecule has 6 nitrogen and oxygen atoms in total. The molecule has 1 amide bonds. The number of carbonyl (C=O) groups is 1. The van der Waals surface area contributed by atoms with Crippen LogP contribution in [0.1, 0.15) is 12.5 Å². The Labute approximate surface area is 149 Å². The molecule has 128 valence electrons. The second kappa shape index (κ2) is 7.85. The normalized spacial score (nSPS) is 11.2. The number of hydrogen-bond acceptors (Lipinski definition) is 4. The van der Waals surface area contributed by atoms with Crippen molar-refractivity contribution in [1.82, 2.24) is 10.4 Å². The maximum Gasteiger partial charge on any atom is 0.317 e. The highest BCUT2D eigenvalue weighted by Gasteiger charge is 2.18. The first-order valence-corrected chi connectivity index (χ1v) is 8.88. The monoisotopic (exact) mass is 354 g/mol. The molecule has 7 heteroatoms. The maximum absolute atomic E-state index is 12.0. The molecule has 1 aromatic heterocycles. The Bertz CT molecular complexity index is 903. The van der Waals surface area contributed by atoms with Crippen LogP contribution in [0.15, 0.2) is 58.8 Å². The summed E-state index contributed by atoms with van der Waals surface area (Å²) in [6, 6.07) is 14.3. The van der Waals surface area contributed by atoms with E-state index in [1.54, 1.807) is 12.1 Å². The van der Waals surface area contributed by atoms with Crippen LogP contribution in [-0.4, -0.2) is 22.9 Å². The van der Waals surface area contributed by atoms with Crippen molar-refractivity contribution in [2.75, 3.05) is 5.75 Å². The summed E-state index contributed by atoms with van der Waals surface area (Å²) in [5, 5.41) is 15.9. The molecule has 0 saturated heterocycles. The number of rotatable bonds is 6. The molecule has 0 aliphatic rings. The number of fused-ring (bicyclic) bond motifs is 1. The van der Waals surface area contributed by atoms with Crippen LogP contribution in [-0.2, 0) is 11.3 Å². The van der Waals surface area contributed by atoms with Gasteiger partial charge >= 0.3 is 5.16 Å². The number of thioether (sulfide) groups is 1. The van der Waals surface area contributed by atoms with Gasteiger partial charge in [0.15, 0.2) is 11.0 Å². The number of aryl methyl sites for hydroxylation is 1. The van der Waals surface area contributed by atoms with Crippen LogP contribution in [0.5, 0.6) is 5.75 Å². The Balaban J connectivity index is 1.58. The molecule has 0 fully saturated rings. The number of carbonyl (C=O) groups excluding carboxylic acids is 1. The first kappa shape index (κ1) is 17.0. The van der Waals surface area contributed by atoms with Gasteiger partial charge in [-0.3, -0.25) is 4.79 Å². The third-order valence-corrected chi connectivity index (χ3v) is 4.62. The molecule has 0 bridgehead atoms. The summed E-state index contributed by atoms with van der Waals surface area (Å²) >= 11 is 1.43. The van der Waals surface area contributed by atoms with Crippen LogP contribution in [0.25, 0.3) is 11.0 Å². The van der Waals surface area contributed by atoms with Crippen LogP contribution in [0.4, 0.5) is 0 Å². The van der Waals surface area contributed by atoms with E-state index in [4.69, 9.17) is 0 Å². The van der Waals surface area contributed by atoms with E-state index in [0.29, 0.717) is 0 Å². The van der Waals surface area contributed by atoms with Crippen molar-refractivity contribution < 1.29 is 14.5 Å². The molecule has 3 rings (SSSR count). The predicted molar refractivity (Wildman–Crippen MR) is 96.5 cm³/mol. The van der Waals surface area contributed by atoms with Crippen molar-refractivity contribution in [3.05, 3.63) is 54.1 Å². The number of H-pyrrole nitrogens is 1. The summed E-state index contributed by atoms with van der Waals surface area (Å²) in [5.41, 5.74) is 5.42. The molecule has 0 aliphatic carbocycles. The van der Waals surface area contributed by atoms with Crippen molar-refractivity contribution in [2.45, 2.75) is 18.6 Å². The van der Waals surface area contributed by atoms with E-state index in [0.717, 1.165) is 28.3 Å². The van der Waals surface area contributed by atoms with E-state index in [2.05, 4.69) is 33.1 Å². The number of imidazole rings is 1. The number of amides is 1. The Hall–Kier alpha value is -2.80. The Morgan fingerprint density at radius 1 is 1.28 bits per heavy atom. The standard InChI is InChI=1S/C18H18N4O2S/c1-2-22-16-6-4-3-5-15(16)20-18(22)25-12-17(24)21-19-11-13-7-9-14(23)10-8-13/h3-11H,2,12H2,1H3,(H2,19,21,23,24). The van der Waals surface area contributed by atoms with Crippen LogP contribution in [0, 0.1) is 0 Å². The fourth-order valence-electron chi connectivity index (χ4n) is 2.43. The van der Waals surface area contributed by atoms with Gasteiger partial charge in [0.05, 0.1) is 18.5 Å². The minimum absolute atomic E-state index is 0.0554. The number of aromatic amines is 1. The SMILES string of the molecule is CC[n+]1c(SCC(=O)N/N=C/c2ccc([O-])cc2)[nH]c2ccccc21. The number of hydrogen-bond donors (Lipinski definition) is 2. The highest BCUT2D eigenvalue weighted by Crippen LogP contribution is 2.17. The quantitative estimate of drug-likeness (QED) is 0.306. The lowest BCUT2D eigenvalue weighted by atomic mass is 10.2. The summed E-state index contributed by atoms with van der Waals surface area (Å²) in [6.07, 6.45) is 1.51. The molecule has 0 aliphatic heterocycles. The number of aromatic nitrogens is 2. The fraction of sp³-hybridized carbons (Fsp3) is 0.167. The molecular formula is C18H18N4O2S. The Kier molecular flexibility index (Phi) is 5.35. The first-order valence-electron chi connectivity index (χ1n) is 7.89. The van der Waals surface area contributed by atoms with Gasteiger partial charge in [-0.25, -0.2) is 15.0 Å². The van der Waals surface area contributed by atoms with Gasteiger partial charge in [-0.2, -0.15) is 5.10 Å². The number of para-hydroxylation sites is 2. The van der Waals surface area contributed by atoms with E-state index in [9.17, 15) is 9.90 Å². The lowest BCUT2D eigenvalue weighted by Gasteiger charge is -2.03. The van der Waals surface area contributed by atoms with Gasteiger partial charge in [-0.1, -0.05) is 36.4 Å². The Morgan fingerprint density at radius 2 is 2.04 bits per heavy atom. The second-order valence-electron chi connectivity index (χ2n) is 5.34. The van der Waals surface area contributed by atoms with Crippen molar-refractivity contribution in [3.63, 3.8) is 0 Å². The van der Waals surface area contributed by atoms with Crippen LogP contribution < -0.4 is 15.1 Å². The average Bonchev–Trinajstić information content (AvgIpc) is 2.99. The molecule has 25 heavy (non-hydrogen) atoms. The van der Waals surface area contributed by atoms with Crippen molar-refractivity contribution >= 4 is 34.9 Å². The van der Waals surface area contributed by atoms with Gasteiger partial charge in [0.25, 0.3) is 5.91 Å². The lowest BCUT2D eigenvalue weighted by Crippen LogP contribution is -2.34. The topological polar surface area (TPSA) is 84.2 Å². The first-order chi connectivity index (χ1) is 12.2. The third-order valence-electron chi connectivity index (χ3n) is 3.62. The van der Waals surface area contributed by atoms with Crippen molar-refractivity contribution in [3.8, 4) is 5.75 Å². The summed E-state index contributed by atoms with van der Waals surface area (Å²) < 4.78 is 2.14. The van der Waals surface area contributed by atoms with Gasteiger partial charge < -0.3 is 5.11 Å². The molecule has 0 unspecified atom stereocenters. The van der Waals surface area contributed by atoms with E-state index in [1.165, 1.54) is 30.1 Å². The summed E-state index contributed by atoms with van der Waals surface area (Å²) in [4.78, 5) is 15.3. The average molecular weight is 354 g/mol. The van der Waals surface area contributed by atoms with E-state index < -0.39 is 0 Å². The molecule has 0 radical (unpaired) electrons. The number of nitrogens with zero attached hydrogens (tertiary/aromatic N) is 2. The number of nitrogens with one attached hydrogen (secondary N) is 2. The maximum atomic E-state index is 12.0. The highest BCUT2D eigenvalue weighted by atomic mass is 32.2. The highest BCUT2D eigenvalue weighted by molar-refractivity contribution is 7.99. The molecular weight excluding hydrogens is 336 g/mol. The molecule has 2 aromatic carbocycles. The smallest absolute Gasteiger partial charge is 0.317 e. The number of hydrazone groups is 1. The molecule has 0 atom stereocenters. The summed E-state index contributed by atoms with van der Waals surface area (Å²) in [7, 11) is 0. The molecule has 1 heterocycles. The third kappa shape index (κ3) is 4.19. The van der Waals surface area contributed by atoms with Gasteiger partial charge in [0, 0.05) is 0 Å². The Morgan fingerprint density at radius 3 is 2.80 bits per heavy atom. The van der Waals surface area contributed by atoms with Gasteiger partial charge in [-0.15, -0.1) is 5.75 Å². The second-order valence-corrected chi connectivity index (χ2v) is 6.31. The van der Waals surface area contributed by atoms with Crippen molar-refractivity contribution in [1.29, 1.82) is 0 Å². The van der Waals surface area contributed by atoms with Crippen molar-refractivity contribution in [2.24, 2.45) is 5.10 Å².